The summed E-state index contributed by atoms with van der Waals surface area (Å²) in [6.45, 7) is 7.86. The third-order valence-corrected chi connectivity index (χ3v) is 7.66. The molecular formula is C32H38N6O6. The van der Waals surface area contributed by atoms with Crippen molar-refractivity contribution in [1.29, 1.82) is 0 Å². The maximum absolute atomic E-state index is 13.6. The van der Waals surface area contributed by atoms with Crippen LogP contribution in [0.3, 0.4) is 0 Å². The van der Waals surface area contributed by atoms with Crippen molar-refractivity contribution in [2.75, 3.05) is 26.8 Å². The number of carbonyl (C=O) groups is 3. The monoisotopic (exact) mass is 602 g/mol. The lowest BCUT2D eigenvalue weighted by molar-refractivity contribution is -0.137. The smallest absolute Gasteiger partial charge is 0.243 e. The predicted octanol–water partition coefficient (Wildman–Crippen LogP) is 3.23. The molecule has 1 aliphatic heterocycles. The quantitative estimate of drug-likeness (QED) is 0.363. The Bertz CT molecular complexity index is 1670. The van der Waals surface area contributed by atoms with Crippen molar-refractivity contribution in [1.82, 2.24) is 29.9 Å². The van der Waals surface area contributed by atoms with Crippen molar-refractivity contribution in [3.63, 3.8) is 0 Å². The van der Waals surface area contributed by atoms with Crippen LogP contribution in [0.5, 0.6) is 11.5 Å². The van der Waals surface area contributed by atoms with Crippen LogP contribution in [-0.2, 0) is 27.3 Å². The number of carbonyl (C=O) groups excluding carboxylic acids is 3. The SMILES string of the molecule is COc1ccc2cc1OCCCN(C(=O)Cc1cnc3c(C)cccn13)CC(=O)N[C@@H](C(C)C)C(=O)NCc1nc-2oc1C. The Morgan fingerprint density at radius 1 is 1.20 bits per heavy atom. The summed E-state index contributed by atoms with van der Waals surface area (Å²) in [6.07, 6.45) is 4.04. The second-order valence-corrected chi connectivity index (χ2v) is 11.2. The van der Waals surface area contributed by atoms with E-state index < -0.39 is 11.9 Å². The molecule has 1 atom stereocenters. The number of benzene rings is 1. The number of hydrogen-bond donors (Lipinski definition) is 2. The second-order valence-electron chi connectivity index (χ2n) is 11.2. The number of rotatable bonds is 4. The van der Waals surface area contributed by atoms with E-state index in [1.807, 2.05) is 49.6 Å². The zero-order valence-corrected chi connectivity index (χ0v) is 25.7. The van der Waals surface area contributed by atoms with Crippen molar-refractivity contribution >= 4 is 23.4 Å². The summed E-state index contributed by atoms with van der Waals surface area (Å²) in [7, 11) is 1.56. The minimum absolute atomic E-state index is 0.0549. The first-order chi connectivity index (χ1) is 21.1. The number of hydrogen-bond acceptors (Lipinski definition) is 8. The molecule has 44 heavy (non-hydrogen) atoms. The molecule has 232 valence electrons. The van der Waals surface area contributed by atoms with Crippen molar-refractivity contribution in [3.8, 4) is 23.0 Å². The van der Waals surface area contributed by atoms with Crippen LogP contribution in [0.2, 0.25) is 0 Å². The van der Waals surface area contributed by atoms with Crippen LogP contribution in [0.15, 0.2) is 47.1 Å². The van der Waals surface area contributed by atoms with Gasteiger partial charge in [-0.2, -0.15) is 0 Å². The van der Waals surface area contributed by atoms with Crippen LogP contribution in [0.25, 0.3) is 17.1 Å². The second kappa shape index (κ2) is 13.2. The van der Waals surface area contributed by atoms with E-state index in [0.29, 0.717) is 40.8 Å². The lowest BCUT2D eigenvalue weighted by atomic mass is 10.0. The first-order valence-corrected chi connectivity index (χ1v) is 14.7. The summed E-state index contributed by atoms with van der Waals surface area (Å²) >= 11 is 0. The fourth-order valence-corrected chi connectivity index (χ4v) is 5.18. The molecule has 4 bridgehead atoms. The van der Waals surface area contributed by atoms with E-state index in [4.69, 9.17) is 13.9 Å². The molecular weight excluding hydrogens is 564 g/mol. The topological polar surface area (TPSA) is 140 Å². The van der Waals surface area contributed by atoms with Gasteiger partial charge in [-0.15, -0.1) is 0 Å². The average Bonchev–Trinajstić information content (AvgIpc) is 3.59. The Balaban J connectivity index is 1.42. The number of nitrogens with zero attached hydrogens (tertiary/aromatic N) is 4. The van der Waals surface area contributed by atoms with Crippen LogP contribution in [-0.4, -0.2) is 69.8 Å². The van der Waals surface area contributed by atoms with E-state index in [9.17, 15) is 14.4 Å². The van der Waals surface area contributed by atoms with Gasteiger partial charge < -0.3 is 33.8 Å². The summed E-state index contributed by atoms with van der Waals surface area (Å²) in [6, 6.07) is 8.44. The highest BCUT2D eigenvalue weighted by molar-refractivity contribution is 5.90. The van der Waals surface area contributed by atoms with Crippen LogP contribution < -0.4 is 20.1 Å². The van der Waals surface area contributed by atoms with Crippen molar-refractivity contribution < 1.29 is 28.3 Å². The Morgan fingerprint density at radius 2 is 2.02 bits per heavy atom. The van der Waals surface area contributed by atoms with Gasteiger partial charge in [0.15, 0.2) is 11.5 Å². The molecule has 3 amide bonds. The standard InChI is InChI=1S/C32H38N6O6/c1-19(2)29-31(41)34-17-24-21(4)44-32(35-24)22-9-10-25(42-5)26(14-22)43-13-7-11-37(18-27(39)36-29)28(40)15-23-16-33-30-20(3)8-6-12-38(23)30/h6,8-10,12,14,16,19,29H,7,11,13,15,17-18H2,1-5H3,(H,34,41)(H,36,39)/t29-/m0/s1. The van der Waals surface area contributed by atoms with Gasteiger partial charge in [0.25, 0.3) is 0 Å². The molecule has 0 spiro atoms. The van der Waals surface area contributed by atoms with E-state index in [1.54, 1.807) is 32.4 Å². The number of oxazole rings is 1. The first kappa shape index (κ1) is 30.6. The van der Waals surface area contributed by atoms with Gasteiger partial charge in [-0.3, -0.25) is 14.4 Å². The van der Waals surface area contributed by atoms with Gasteiger partial charge in [0.05, 0.1) is 38.9 Å². The summed E-state index contributed by atoms with van der Waals surface area (Å²) in [5, 5.41) is 5.71. The largest absolute Gasteiger partial charge is 0.493 e. The van der Waals surface area contributed by atoms with Gasteiger partial charge in [0.2, 0.25) is 23.6 Å². The van der Waals surface area contributed by atoms with Gasteiger partial charge in [-0.05, 0) is 56.0 Å². The van der Waals surface area contributed by atoms with Gasteiger partial charge >= 0.3 is 0 Å². The van der Waals surface area contributed by atoms with E-state index in [1.165, 1.54) is 4.90 Å². The number of aromatic nitrogens is 3. The molecule has 4 heterocycles. The number of nitrogens with one attached hydrogen (secondary N) is 2. The third-order valence-electron chi connectivity index (χ3n) is 7.66. The number of imidazole rings is 1. The Kier molecular flexibility index (Phi) is 9.17. The number of methoxy groups -OCH3 is 1. The first-order valence-electron chi connectivity index (χ1n) is 14.7. The Morgan fingerprint density at radius 3 is 2.80 bits per heavy atom. The molecule has 2 N–H and O–H groups in total. The number of pyridine rings is 1. The zero-order chi connectivity index (χ0) is 31.4. The Hall–Kier alpha value is -4.87. The van der Waals surface area contributed by atoms with E-state index >= 15 is 0 Å². The van der Waals surface area contributed by atoms with Crippen LogP contribution >= 0.6 is 0 Å². The van der Waals surface area contributed by atoms with Crippen LogP contribution in [0, 0.1) is 19.8 Å². The molecule has 0 saturated heterocycles. The predicted molar refractivity (Wildman–Crippen MR) is 162 cm³/mol. The lowest BCUT2D eigenvalue weighted by Crippen LogP contribution is -2.52. The molecule has 3 aromatic heterocycles. The van der Waals surface area contributed by atoms with Crippen LogP contribution in [0.1, 0.15) is 43.0 Å². The molecule has 0 aliphatic carbocycles. The zero-order valence-electron chi connectivity index (χ0n) is 25.7. The van der Waals surface area contributed by atoms with Crippen molar-refractivity contribution in [3.05, 3.63) is 65.4 Å². The molecule has 0 saturated carbocycles. The molecule has 1 aromatic carbocycles. The number of aryl methyl sites for hydroxylation is 2. The van der Waals surface area contributed by atoms with E-state index in [2.05, 4.69) is 20.6 Å². The summed E-state index contributed by atoms with van der Waals surface area (Å²) in [4.78, 5) is 50.7. The third kappa shape index (κ3) is 6.69. The lowest BCUT2D eigenvalue weighted by Gasteiger charge is -2.26. The molecule has 0 unspecified atom stereocenters. The molecule has 12 heteroatoms. The van der Waals surface area contributed by atoms with Gasteiger partial charge in [-0.25, -0.2) is 9.97 Å². The highest BCUT2D eigenvalue weighted by atomic mass is 16.5. The summed E-state index contributed by atoms with van der Waals surface area (Å²) in [5.74, 6) is 0.759. The van der Waals surface area contributed by atoms with Gasteiger partial charge in [0, 0.05) is 24.5 Å². The van der Waals surface area contributed by atoms with Gasteiger partial charge in [0.1, 0.15) is 23.1 Å². The Labute approximate surface area is 255 Å². The molecule has 0 radical (unpaired) electrons. The van der Waals surface area contributed by atoms with E-state index in [0.717, 1.165) is 16.9 Å². The maximum Gasteiger partial charge on any atom is 0.243 e. The highest BCUT2D eigenvalue weighted by Gasteiger charge is 2.27. The van der Waals surface area contributed by atoms with Crippen LogP contribution in [0.4, 0.5) is 0 Å². The highest BCUT2D eigenvalue weighted by Crippen LogP contribution is 2.33. The van der Waals surface area contributed by atoms with Crippen molar-refractivity contribution in [2.45, 2.75) is 53.1 Å². The van der Waals surface area contributed by atoms with E-state index in [-0.39, 0.29) is 50.4 Å². The summed E-state index contributed by atoms with van der Waals surface area (Å²) in [5.41, 5.74) is 3.75. The van der Waals surface area contributed by atoms with Crippen molar-refractivity contribution in [2.24, 2.45) is 5.92 Å². The number of fused-ring (bicyclic) bond motifs is 6. The molecule has 1 aliphatic rings. The fraction of sp³-hybridized carbons (Fsp3) is 0.406. The molecule has 4 aromatic rings. The fourth-order valence-electron chi connectivity index (χ4n) is 5.18. The molecule has 12 nitrogen and oxygen atoms in total. The molecule has 5 rings (SSSR count). The minimum atomic E-state index is -0.806. The average molecular weight is 603 g/mol. The normalized spacial score (nSPS) is 16.6. The number of amides is 3. The minimum Gasteiger partial charge on any atom is -0.493 e. The summed E-state index contributed by atoms with van der Waals surface area (Å²) < 4.78 is 19.4. The number of ether oxygens (including phenoxy) is 2. The molecule has 0 fully saturated rings. The maximum atomic E-state index is 13.6. The van der Waals surface area contributed by atoms with Gasteiger partial charge in [-0.1, -0.05) is 19.9 Å².